The first-order valence-corrected chi connectivity index (χ1v) is 11.9. The minimum absolute atomic E-state index is 0.223. The Hall–Kier alpha value is -3.21. The van der Waals surface area contributed by atoms with E-state index < -0.39 is 5.69 Å². The van der Waals surface area contributed by atoms with E-state index in [1.807, 2.05) is 0 Å². The maximum atomic E-state index is 11.5. The molecule has 5 rings (SSSR count). The smallest absolute Gasteiger partial charge is 0.326 e. The van der Waals surface area contributed by atoms with Crippen molar-refractivity contribution in [3.63, 3.8) is 0 Å². The molecule has 0 radical (unpaired) electrons. The first-order chi connectivity index (χ1) is 16.0. The monoisotopic (exact) mass is 453 g/mol. The van der Waals surface area contributed by atoms with E-state index in [-0.39, 0.29) is 17.6 Å². The summed E-state index contributed by atoms with van der Waals surface area (Å²) in [4.78, 5) is 33.1. The predicted octanol–water partition coefficient (Wildman–Crippen LogP) is 0.522. The molecule has 3 aromatic rings. The van der Waals surface area contributed by atoms with Crippen molar-refractivity contribution in [2.24, 2.45) is 4.99 Å². The molecule has 33 heavy (non-hydrogen) atoms. The Morgan fingerprint density at radius 1 is 1.18 bits per heavy atom. The van der Waals surface area contributed by atoms with Gasteiger partial charge < -0.3 is 20.3 Å². The van der Waals surface area contributed by atoms with Gasteiger partial charge in [-0.25, -0.2) is 9.79 Å². The van der Waals surface area contributed by atoms with E-state index >= 15 is 0 Å². The summed E-state index contributed by atoms with van der Waals surface area (Å²) in [6, 6.07) is 1.24. The topological polar surface area (TPSA) is 140 Å². The van der Waals surface area contributed by atoms with Gasteiger partial charge in [0.05, 0.1) is 12.2 Å². The highest BCUT2D eigenvalue weighted by Crippen LogP contribution is 2.25. The highest BCUT2D eigenvalue weighted by atomic mass is 16.3. The van der Waals surface area contributed by atoms with Gasteiger partial charge in [0.1, 0.15) is 5.69 Å². The molecule has 0 atom stereocenters. The van der Waals surface area contributed by atoms with Gasteiger partial charge in [-0.1, -0.05) is 13.8 Å². The molecule has 2 fully saturated rings. The van der Waals surface area contributed by atoms with Crippen LogP contribution in [0.4, 0.5) is 5.95 Å². The lowest BCUT2D eigenvalue weighted by molar-refractivity contribution is 0.167. The second-order valence-electron chi connectivity index (χ2n) is 8.90. The fourth-order valence-electron chi connectivity index (χ4n) is 4.65. The summed E-state index contributed by atoms with van der Waals surface area (Å²) >= 11 is 0. The van der Waals surface area contributed by atoms with Crippen LogP contribution in [0.1, 0.15) is 58.1 Å². The number of nitrogens with one attached hydrogen (secondary N) is 3. The lowest BCUT2D eigenvalue weighted by Crippen LogP contribution is -2.40. The Bertz CT molecular complexity index is 1290. The molecular weight excluding hydrogens is 422 g/mol. The number of anilines is 1. The summed E-state index contributed by atoms with van der Waals surface area (Å²) in [6.45, 7) is 6.64. The Balaban J connectivity index is 1.46. The van der Waals surface area contributed by atoms with Crippen molar-refractivity contribution in [2.45, 2.75) is 70.5 Å². The van der Waals surface area contributed by atoms with E-state index in [1.165, 1.54) is 0 Å². The number of nitrogens with zero attached hydrogens (tertiary/aromatic N) is 6. The molecule has 2 aliphatic carbocycles. The Morgan fingerprint density at radius 3 is 2.58 bits per heavy atom. The van der Waals surface area contributed by atoms with Crippen molar-refractivity contribution < 1.29 is 5.11 Å². The number of hydrogen-bond donors (Lipinski definition) is 4. The molecule has 3 aromatic heterocycles. The number of aromatic hydroxyl groups is 1. The van der Waals surface area contributed by atoms with Crippen LogP contribution >= 0.6 is 0 Å². The van der Waals surface area contributed by atoms with Crippen molar-refractivity contribution in [2.75, 3.05) is 18.4 Å². The van der Waals surface area contributed by atoms with Gasteiger partial charge in [0.25, 0.3) is 5.62 Å². The van der Waals surface area contributed by atoms with Crippen LogP contribution in [0.2, 0.25) is 0 Å². The standard InChI is InChI=1S/C22H31N9O2/c1-3-30(4-2)16-9-7-14(8-10-16)24-20-27-18-13(11-17-19(32)28-22(33)26-17)12-23-31(18)21(29-20)25-15-5-6-15/h11-12,14-16,32H,3-10H2,1-2H3,(H,24,25,29)(H2,26,28,33)/b13-11-. The van der Waals surface area contributed by atoms with Crippen LogP contribution < -0.4 is 21.8 Å². The third-order valence-electron chi connectivity index (χ3n) is 6.62. The molecule has 176 valence electrons. The summed E-state index contributed by atoms with van der Waals surface area (Å²) in [5, 5.41) is 18.5. The molecule has 2 saturated carbocycles. The number of fused-ring (bicyclic) bond motifs is 1. The molecule has 4 N–H and O–H groups in total. The molecule has 0 unspecified atom stereocenters. The first kappa shape index (κ1) is 21.6. The molecule has 0 bridgehead atoms. The van der Waals surface area contributed by atoms with Gasteiger partial charge in [0.15, 0.2) is 5.65 Å². The Morgan fingerprint density at radius 2 is 1.94 bits per heavy atom. The SMILES string of the molecule is CCN(CC)C1CCC(Nc2nc(=NC3CC3)n3nc/c(=C/c4[nH]c(=O)[nH]c4O)c3n2)CC1. The fraction of sp³-hybridized carbons (Fsp3) is 0.591. The zero-order chi connectivity index (χ0) is 22.9. The molecule has 0 aliphatic heterocycles. The van der Waals surface area contributed by atoms with E-state index in [4.69, 9.17) is 9.98 Å². The van der Waals surface area contributed by atoms with Crippen LogP contribution in [0.15, 0.2) is 16.0 Å². The quantitative estimate of drug-likeness (QED) is 0.409. The van der Waals surface area contributed by atoms with Crippen LogP contribution in [0.25, 0.3) is 11.7 Å². The normalized spacial score (nSPS) is 22.5. The number of imidazole rings is 1. The lowest BCUT2D eigenvalue weighted by Gasteiger charge is -2.36. The number of aromatic amines is 2. The van der Waals surface area contributed by atoms with E-state index in [9.17, 15) is 9.90 Å². The van der Waals surface area contributed by atoms with Gasteiger partial charge in [-0.15, -0.1) is 0 Å². The fourth-order valence-corrected chi connectivity index (χ4v) is 4.65. The van der Waals surface area contributed by atoms with Crippen molar-refractivity contribution in [3.8, 4) is 5.88 Å². The minimum Gasteiger partial charge on any atom is -0.493 e. The van der Waals surface area contributed by atoms with Crippen molar-refractivity contribution in [1.29, 1.82) is 0 Å². The average molecular weight is 454 g/mol. The molecule has 0 saturated heterocycles. The first-order valence-electron chi connectivity index (χ1n) is 11.9. The summed E-state index contributed by atoms with van der Waals surface area (Å²) in [5.41, 5.74) is 0.897. The largest absolute Gasteiger partial charge is 0.493 e. The summed E-state index contributed by atoms with van der Waals surface area (Å²) in [6.07, 6.45) is 9.86. The summed E-state index contributed by atoms with van der Waals surface area (Å²) in [5.74, 6) is 0.315. The predicted molar refractivity (Wildman–Crippen MR) is 124 cm³/mol. The maximum Gasteiger partial charge on any atom is 0.326 e. The van der Waals surface area contributed by atoms with Gasteiger partial charge >= 0.3 is 5.69 Å². The van der Waals surface area contributed by atoms with Gasteiger partial charge in [-0.3, -0.25) is 4.98 Å². The van der Waals surface area contributed by atoms with E-state index in [2.05, 4.69) is 44.1 Å². The molecule has 0 spiro atoms. The molecule has 3 heterocycles. The van der Waals surface area contributed by atoms with Crippen LogP contribution in [-0.4, -0.2) is 70.8 Å². The van der Waals surface area contributed by atoms with Gasteiger partial charge in [-0.05, 0) is 57.7 Å². The number of aromatic nitrogens is 6. The van der Waals surface area contributed by atoms with E-state index in [1.54, 1.807) is 16.8 Å². The van der Waals surface area contributed by atoms with E-state index in [0.29, 0.717) is 34.5 Å². The zero-order valence-electron chi connectivity index (χ0n) is 19.1. The maximum absolute atomic E-state index is 11.5. The summed E-state index contributed by atoms with van der Waals surface area (Å²) < 4.78 is 1.62. The number of rotatable bonds is 7. The van der Waals surface area contributed by atoms with Crippen LogP contribution in [0.5, 0.6) is 5.88 Å². The zero-order valence-corrected chi connectivity index (χ0v) is 19.1. The molecule has 11 heteroatoms. The van der Waals surface area contributed by atoms with Crippen LogP contribution in [0, 0.1) is 0 Å². The number of hydrogen-bond acceptors (Lipinski definition) is 8. The third kappa shape index (κ3) is 4.63. The van der Waals surface area contributed by atoms with Crippen molar-refractivity contribution in [3.05, 3.63) is 33.2 Å². The second kappa shape index (κ2) is 8.97. The molecule has 0 amide bonds. The average Bonchev–Trinajstić information content (AvgIpc) is 3.44. The highest BCUT2D eigenvalue weighted by Gasteiger charge is 2.25. The molecule has 11 nitrogen and oxygen atoms in total. The molecular formula is C22H31N9O2. The Labute approximate surface area is 190 Å². The Kier molecular flexibility index (Phi) is 5.88. The third-order valence-corrected chi connectivity index (χ3v) is 6.62. The van der Waals surface area contributed by atoms with Crippen LogP contribution in [-0.2, 0) is 0 Å². The molecule has 0 aromatic carbocycles. The van der Waals surface area contributed by atoms with Gasteiger partial charge in [0.2, 0.25) is 11.8 Å². The highest BCUT2D eigenvalue weighted by molar-refractivity contribution is 5.57. The second-order valence-corrected chi connectivity index (χ2v) is 8.90. The van der Waals surface area contributed by atoms with Gasteiger partial charge in [0, 0.05) is 17.3 Å². The summed E-state index contributed by atoms with van der Waals surface area (Å²) in [7, 11) is 0. The van der Waals surface area contributed by atoms with Crippen molar-refractivity contribution >= 4 is 17.7 Å². The minimum atomic E-state index is -0.475. The van der Waals surface area contributed by atoms with Crippen LogP contribution in [0.3, 0.4) is 0 Å². The van der Waals surface area contributed by atoms with Crippen molar-refractivity contribution in [1.82, 2.24) is 34.4 Å². The van der Waals surface area contributed by atoms with E-state index in [0.717, 1.165) is 51.6 Å². The lowest BCUT2D eigenvalue weighted by atomic mass is 9.90. The van der Waals surface area contributed by atoms with Gasteiger partial charge in [-0.2, -0.15) is 19.6 Å². The molecule has 2 aliphatic rings. The number of H-pyrrole nitrogens is 2.